The van der Waals surface area contributed by atoms with Crippen molar-refractivity contribution in [3.63, 3.8) is 0 Å². The molecule has 5 nitrogen and oxygen atoms in total. The van der Waals surface area contributed by atoms with Gasteiger partial charge in [0.2, 0.25) is 0 Å². The first-order valence-electron chi connectivity index (χ1n) is 8.82. The van der Waals surface area contributed by atoms with Crippen LogP contribution in [0.1, 0.15) is 17.7 Å². The molecule has 1 aromatic carbocycles. The van der Waals surface area contributed by atoms with Crippen molar-refractivity contribution in [2.45, 2.75) is 37.7 Å². The first-order chi connectivity index (χ1) is 13.3. The number of hydrogen-bond donors (Lipinski definition) is 1. The Bertz CT molecular complexity index is 726. The first-order valence-corrected chi connectivity index (χ1v) is 8.82. The zero-order chi connectivity index (χ0) is 20.6. The Kier molecular flexibility index (Phi) is 7.95. The second-order valence-corrected chi connectivity index (χ2v) is 6.41. The number of hydrogen-bond acceptors (Lipinski definition) is 4. The van der Waals surface area contributed by atoms with Crippen LogP contribution in [0.25, 0.3) is 0 Å². The molecule has 1 saturated heterocycles. The summed E-state index contributed by atoms with van der Waals surface area (Å²) in [5.41, 5.74) is 2.50. The van der Waals surface area contributed by atoms with Crippen LogP contribution in [0.3, 0.4) is 0 Å². The van der Waals surface area contributed by atoms with Gasteiger partial charge >= 0.3 is 12.1 Å². The number of halogens is 3. The van der Waals surface area contributed by atoms with E-state index in [2.05, 4.69) is 52.3 Å². The highest BCUT2D eigenvalue weighted by molar-refractivity contribution is 5.73. The third-order valence-corrected chi connectivity index (χ3v) is 4.52. The van der Waals surface area contributed by atoms with Gasteiger partial charge in [-0.2, -0.15) is 13.2 Å². The molecule has 2 heterocycles. The summed E-state index contributed by atoms with van der Waals surface area (Å²) in [5, 5.41) is 7.12. The second kappa shape index (κ2) is 10.2. The van der Waals surface area contributed by atoms with Crippen molar-refractivity contribution in [1.82, 2.24) is 9.88 Å². The van der Waals surface area contributed by atoms with Crippen LogP contribution in [0.5, 0.6) is 0 Å². The number of pyridine rings is 1. The van der Waals surface area contributed by atoms with Gasteiger partial charge in [0.25, 0.3) is 0 Å². The van der Waals surface area contributed by atoms with E-state index in [0.717, 1.165) is 31.6 Å². The minimum absolute atomic E-state index is 0.314. The summed E-state index contributed by atoms with van der Waals surface area (Å²) >= 11 is 0. The standard InChI is InChI=1S/C18H22N2O.C2HF3O2/c1-21-18-10-12-20(14-16-9-5-6-11-19-16)17(18)13-15-7-3-2-4-8-15;3-2(4,5)1(6)7/h2-9,11,17-18H,10,12-14H2,1H3;(H,6,7)/t17-,18+;/m0./s1. The number of carboxylic acids is 1. The second-order valence-electron chi connectivity index (χ2n) is 6.41. The first kappa shape index (κ1) is 21.8. The molecule has 152 valence electrons. The molecule has 1 aliphatic rings. The Hall–Kier alpha value is -2.45. The Morgan fingerprint density at radius 2 is 1.86 bits per heavy atom. The van der Waals surface area contributed by atoms with E-state index in [1.807, 2.05) is 19.4 Å². The molecule has 1 aliphatic heterocycles. The van der Waals surface area contributed by atoms with Gasteiger partial charge in [-0.05, 0) is 30.5 Å². The third-order valence-electron chi connectivity index (χ3n) is 4.52. The maximum Gasteiger partial charge on any atom is 0.490 e. The summed E-state index contributed by atoms with van der Waals surface area (Å²) in [6.45, 7) is 1.98. The van der Waals surface area contributed by atoms with Crippen molar-refractivity contribution in [1.29, 1.82) is 0 Å². The summed E-state index contributed by atoms with van der Waals surface area (Å²) in [6, 6.07) is 17.2. The van der Waals surface area contributed by atoms with Gasteiger partial charge in [-0.3, -0.25) is 9.88 Å². The lowest BCUT2D eigenvalue weighted by Gasteiger charge is -2.27. The molecular weight excluding hydrogens is 373 g/mol. The SMILES string of the molecule is CO[C@@H]1CCN(Cc2ccccn2)[C@H]1Cc1ccccc1.O=C(O)C(F)(F)F. The van der Waals surface area contributed by atoms with E-state index < -0.39 is 12.1 Å². The lowest BCUT2D eigenvalue weighted by atomic mass is 10.0. The van der Waals surface area contributed by atoms with Gasteiger partial charge in [-0.25, -0.2) is 4.79 Å². The van der Waals surface area contributed by atoms with Gasteiger partial charge in [-0.15, -0.1) is 0 Å². The number of aliphatic carboxylic acids is 1. The van der Waals surface area contributed by atoms with Crippen LogP contribution in [0.4, 0.5) is 13.2 Å². The van der Waals surface area contributed by atoms with E-state index in [9.17, 15) is 13.2 Å². The fourth-order valence-corrected chi connectivity index (χ4v) is 3.17. The predicted octanol–water partition coefficient (Wildman–Crippen LogP) is 3.55. The number of carbonyl (C=O) groups is 1. The lowest BCUT2D eigenvalue weighted by molar-refractivity contribution is -0.192. The minimum atomic E-state index is -5.08. The number of likely N-dealkylation sites (tertiary alicyclic amines) is 1. The molecule has 2 aromatic rings. The van der Waals surface area contributed by atoms with Crippen LogP contribution in [-0.4, -0.2) is 52.9 Å². The van der Waals surface area contributed by atoms with Gasteiger partial charge in [0.05, 0.1) is 11.8 Å². The Morgan fingerprint density at radius 3 is 2.39 bits per heavy atom. The Morgan fingerprint density at radius 1 is 1.21 bits per heavy atom. The quantitative estimate of drug-likeness (QED) is 0.838. The monoisotopic (exact) mass is 396 g/mol. The molecule has 28 heavy (non-hydrogen) atoms. The van der Waals surface area contributed by atoms with Gasteiger partial charge in [-0.1, -0.05) is 36.4 Å². The number of alkyl halides is 3. The molecule has 0 aliphatic carbocycles. The number of nitrogens with zero attached hydrogens (tertiary/aromatic N) is 2. The third kappa shape index (κ3) is 6.61. The van der Waals surface area contributed by atoms with Crippen LogP contribution in [0, 0.1) is 0 Å². The average molecular weight is 396 g/mol. The number of ether oxygens (including phenoxy) is 1. The van der Waals surface area contributed by atoms with Crippen molar-refractivity contribution in [2.24, 2.45) is 0 Å². The smallest absolute Gasteiger partial charge is 0.475 e. The number of carboxylic acid groups (broad SMARTS) is 1. The van der Waals surface area contributed by atoms with Crippen LogP contribution < -0.4 is 0 Å². The van der Waals surface area contributed by atoms with Gasteiger partial charge in [0, 0.05) is 32.4 Å². The highest BCUT2D eigenvalue weighted by Gasteiger charge is 2.38. The van der Waals surface area contributed by atoms with E-state index in [-0.39, 0.29) is 0 Å². The van der Waals surface area contributed by atoms with E-state index in [1.165, 1.54) is 5.56 Å². The summed E-state index contributed by atoms with van der Waals surface area (Å²) in [4.78, 5) is 15.9. The van der Waals surface area contributed by atoms with Crippen molar-refractivity contribution < 1.29 is 27.8 Å². The predicted molar refractivity (Wildman–Crippen MR) is 97.7 cm³/mol. The molecule has 0 unspecified atom stereocenters. The molecule has 2 atom stereocenters. The zero-order valence-corrected chi connectivity index (χ0v) is 15.5. The molecular formula is C20H23F3N2O3. The summed E-state index contributed by atoms with van der Waals surface area (Å²) < 4.78 is 37.4. The normalized spacial score (nSPS) is 19.7. The van der Waals surface area contributed by atoms with Crippen molar-refractivity contribution in [3.05, 3.63) is 66.0 Å². The molecule has 8 heteroatoms. The number of methoxy groups -OCH3 is 1. The molecule has 3 rings (SSSR count). The molecule has 1 aromatic heterocycles. The molecule has 1 N–H and O–H groups in total. The van der Waals surface area contributed by atoms with E-state index in [1.54, 1.807) is 0 Å². The number of rotatable bonds is 5. The Labute approximate surface area is 161 Å². The summed E-state index contributed by atoms with van der Waals surface area (Å²) in [6.07, 6.45) is -0.771. The molecule has 1 fully saturated rings. The van der Waals surface area contributed by atoms with Crippen LogP contribution in [-0.2, 0) is 22.5 Å². The molecule has 0 radical (unpaired) electrons. The number of aromatic nitrogens is 1. The fraction of sp³-hybridized carbons (Fsp3) is 0.400. The van der Waals surface area contributed by atoms with Crippen LogP contribution in [0.15, 0.2) is 54.7 Å². The summed E-state index contributed by atoms with van der Waals surface area (Å²) in [7, 11) is 1.83. The van der Waals surface area contributed by atoms with Crippen LogP contribution in [0.2, 0.25) is 0 Å². The molecule has 0 spiro atoms. The maximum atomic E-state index is 10.6. The fourth-order valence-electron chi connectivity index (χ4n) is 3.17. The highest BCUT2D eigenvalue weighted by Crippen LogP contribution is 2.25. The minimum Gasteiger partial charge on any atom is -0.475 e. The van der Waals surface area contributed by atoms with Crippen molar-refractivity contribution >= 4 is 5.97 Å². The largest absolute Gasteiger partial charge is 0.490 e. The topological polar surface area (TPSA) is 62.7 Å². The lowest BCUT2D eigenvalue weighted by Crippen LogP contribution is -2.37. The zero-order valence-electron chi connectivity index (χ0n) is 15.5. The maximum absolute atomic E-state index is 10.6. The molecule has 0 saturated carbocycles. The van der Waals surface area contributed by atoms with Crippen molar-refractivity contribution in [3.8, 4) is 0 Å². The van der Waals surface area contributed by atoms with Gasteiger partial charge < -0.3 is 9.84 Å². The van der Waals surface area contributed by atoms with Gasteiger partial charge in [0.1, 0.15) is 0 Å². The molecule has 0 amide bonds. The van der Waals surface area contributed by atoms with Crippen LogP contribution >= 0.6 is 0 Å². The van der Waals surface area contributed by atoms with E-state index >= 15 is 0 Å². The average Bonchev–Trinajstić information content (AvgIpc) is 3.04. The molecule has 0 bridgehead atoms. The summed E-state index contributed by atoms with van der Waals surface area (Å²) in [5.74, 6) is -2.76. The Balaban J connectivity index is 0.000000345. The van der Waals surface area contributed by atoms with Crippen molar-refractivity contribution in [2.75, 3.05) is 13.7 Å². The van der Waals surface area contributed by atoms with E-state index in [0.29, 0.717) is 12.1 Å². The van der Waals surface area contributed by atoms with E-state index in [4.69, 9.17) is 14.6 Å². The van der Waals surface area contributed by atoms with Gasteiger partial charge in [0.15, 0.2) is 0 Å². The highest BCUT2D eigenvalue weighted by atomic mass is 19.4. The number of benzene rings is 1.